The summed E-state index contributed by atoms with van der Waals surface area (Å²) in [4.78, 5) is 13.8. The molecule has 1 aromatic carbocycles. The number of nitrogens with one attached hydrogen (secondary N) is 2. The predicted octanol–water partition coefficient (Wildman–Crippen LogP) is 1.62. The minimum absolute atomic E-state index is 0.0647. The molecule has 2 rings (SSSR count). The van der Waals surface area contributed by atoms with Crippen molar-refractivity contribution in [3.63, 3.8) is 0 Å². The molecule has 8 heteroatoms. The zero-order chi connectivity index (χ0) is 16.2. The highest BCUT2D eigenvalue weighted by Crippen LogP contribution is 2.18. The molecular weight excluding hydrogens is 309 g/mol. The minimum Gasteiger partial charge on any atom is -0.324 e. The Kier molecular flexibility index (Phi) is 5.36. The number of urea groups is 1. The van der Waals surface area contributed by atoms with Crippen LogP contribution in [0.2, 0.25) is 0 Å². The third-order valence-corrected chi connectivity index (χ3v) is 4.25. The third-order valence-electron chi connectivity index (χ3n) is 3.56. The van der Waals surface area contributed by atoms with Crippen LogP contribution in [0.1, 0.15) is 12.8 Å². The number of nitrogens with zero attached hydrogens (tertiary/aromatic N) is 1. The Morgan fingerprint density at radius 3 is 2.82 bits per heavy atom. The van der Waals surface area contributed by atoms with Gasteiger partial charge in [-0.05, 0) is 30.9 Å². The van der Waals surface area contributed by atoms with E-state index in [1.807, 2.05) is 0 Å². The summed E-state index contributed by atoms with van der Waals surface area (Å²) in [6, 6.07) is 5.62. The Labute approximate surface area is 129 Å². The van der Waals surface area contributed by atoms with E-state index < -0.39 is 15.8 Å². The second kappa shape index (κ2) is 7.06. The van der Waals surface area contributed by atoms with Crippen molar-refractivity contribution in [2.75, 3.05) is 31.2 Å². The fraction of sp³-hybridized carbons (Fsp3) is 0.500. The molecule has 2 amide bonds. The number of sulfonamides is 1. The lowest BCUT2D eigenvalue weighted by Gasteiger charge is -2.32. The normalized spacial score (nSPS) is 19.0. The molecule has 2 N–H and O–H groups in total. The molecule has 0 aromatic heterocycles. The van der Waals surface area contributed by atoms with E-state index in [9.17, 15) is 17.6 Å². The molecule has 0 saturated carbocycles. The van der Waals surface area contributed by atoms with Crippen LogP contribution < -0.4 is 10.0 Å². The van der Waals surface area contributed by atoms with E-state index in [4.69, 9.17) is 0 Å². The topological polar surface area (TPSA) is 78.5 Å². The minimum atomic E-state index is -3.23. The first kappa shape index (κ1) is 16.7. The number of halogens is 1. The second-order valence-corrected chi connectivity index (χ2v) is 7.32. The number of rotatable bonds is 4. The molecule has 0 aliphatic carbocycles. The number of hydrogen-bond acceptors (Lipinski definition) is 3. The number of piperidine rings is 1. The van der Waals surface area contributed by atoms with Gasteiger partial charge in [-0.2, -0.15) is 0 Å². The number of benzene rings is 1. The highest BCUT2D eigenvalue weighted by atomic mass is 32.2. The number of para-hydroxylation sites is 1. The van der Waals surface area contributed by atoms with Gasteiger partial charge in [-0.3, -0.25) is 0 Å². The van der Waals surface area contributed by atoms with Crippen LogP contribution in [0.3, 0.4) is 0 Å². The number of anilines is 1. The maximum absolute atomic E-state index is 13.5. The molecule has 0 spiro atoms. The van der Waals surface area contributed by atoms with Crippen LogP contribution in [0.15, 0.2) is 24.3 Å². The van der Waals surface area contributed by atoms with E-state index in [0.717, 1.165) is 19.1 Å². The van der Waals surface area contributed by atoms with Crippen LogP contribution in [-0.2, 0) is 10.0 Å². The van der Waals surface area contributed by atoms with Gasteiger partial charge in [0.1, 0.15) is 5.82 Å². The number of amides is 2. The molecular formula is C14H20FN3O3S. The largest absolute Gasteiger partial charge is 0.324 e. The van der Waals surface area contributed by atoms with Gasteiger partial charge in [-0.1, -0.05) is 12.1 Å². The second-order valence-electron chi connectivity index (χ2n) is 5.48. The lowest BCUT2D eigenvalue weighted by Crippen LogP contribution is -2.45. The summed E-state index contributed by atoms with van der Waals surface area (Å²) >= 11 is 0. The summed E-state index contributed by atoms with van der Waals surface area (Å²) in [5.41, 5.74) is 0.142. The molecule has 122 valence electrons. The number of carbonyl (C=O) groups excluding carboxylic acids is 1. The van der Waals surface area contributed by atoms with E-state index in [1.54, 1.807) is 17.0 Å². The van der Waals surface area contributed by atoms with Crippen molar-refractivity contribution in [1.29, 1.82) is 0 Å². The molecule has 1 saturated heterocycles. The quantitative estimate of drug-likeness (QED) is 0.881. The van der Waals surface area contributed by atoms with Gasteiger partial charge in [0.2, 0.25) is 10.0 Å². The molecule has 1 aliphatic heterocycles. The number of carbonyl (C=O) groups is 1. The van der Waals surface area contributed by atoms with Crippen molar-refractivity contribution in [3.05, 3.63) is 30.1 Å². The Balaban J connectivity index is 1.91. The highest BCUT2D eigenvalue weighted by molar-refractivity contribution is 7.88. The number of hydrogen-bond donors (Lipinski definition) is 2. The monoisotopic (exact) mass is 329 g/mol. The van der Waals surface area contributed by atoms with Gasteiger partial charge in [0.25, 0.3) is 0 Å². The van der Waals surface area contributed by atoms with Crippen molar-refractivity contribution < 1.29 is 17.6 Å². The average molecular weight is 329 g/mol. The Bertz CT molecular complexity index is 636. The summed E-state index contributed by atoms with van der Waals surface area (Å²) in [5.74, 6) is -0.419. The molecule has 1 aromatic rings. The van der Waals surface area contributed by atoms with E-state index >= 15 is 0 Å². The highest BCUT2D eigenvalue weighted by Gasteiger charge is 2.24. The fourth-order valence-electron chi connectivity index (χ4n) is 2.44. The molecule has 1 aliphatic rings. The van der Waals surface area contributed by atoms with Crippen molar-refractivity contribution >= 4 is 21.7 Å². The molecule has 0 unspecified atom stereocenters. The maximum atomic E-state index is 13.5. The standard InChI is InChI=1S/C14H20FN3O3S/c1-22(20,21)16-9-11-5-4-8-18(10-11)14(19)17-13-7-3-2-6-12(13)15/h2-3,6-7,11,16H,4-5,8-10H2,1H3,(H,17,19)/t11-/m1/s1. The third kappa shape index (κ3) is 4.96. The summed E-state index contributed by atoms with van der Waals surface area (Å²) in [7, 11) is -3.23. The van der Waals surface area contributed by atoms with Crippen LogP contribution in [0.25, 0.3) is 0 Å². The molecule has 0 bridgehead atoms. The molecule has 1 atom stereocenters. The van der Waals surface area contributed by atoms with Crippen molar-refractivity contribution in [1.82, 2.24) is 9.62 Å². The lowest BCUT2D eigenvalue weighted by atomic mass is 9.99. The average Bonchev–Trinajstić information content (AvgIpc) is 2.47. The van der Waals surface area contributed by atoms with E-state index in [1.165, 1.54) is 12.1 Å². The van der Waals surface area contributed by atoms with E-state index in [0.29, 0.717) is 19.6 Å². The van der Waals surface area contributed by atoms with Gasteiger partial charge >= 0.3 is 6.03 Å². The van der Waals surface area contributed by atoms with Gasteiger partial charge in [0.05, 0.1) is 11.9 Å². The van der Waals surface area contributed by atoms with Gasteiger partial charge in [0, 0.05) is 19.6 Å². The summed E-state index contributed by atoms with van der Waals surface area (Å²) < 4.78 is 38.2. The zero-order valence-electron chi connectivity index (χ0n) is 12.4. The lowest BCUT2D eigenvalue weighted by molar-refractivity contribution is 0.178. The first-order chi connectivity index (χ1) is 10.3. The summed E-state index contributed by atoms with van der Waals surface area (Å²) in [6.45, 7) is 1.33. The fourth-order valence-corrected chi connectivity index (χ4v) is 2.98. The first-order valence-electron chi connectivity index (χ1n) is 7.10. The van der Waals surface area contributed by atoms with Gasteiger partial charge in [-0.25, -0.2) is 22.3 Å². The number of likely N-dealkylation sites (tertiary alicyclic amines) is 1. The summed E-state index contributed by atoms with van der Waals surface area (Å²) in [5, 5.41) is 2.55. The molecule has 1 heterocycles. The Morgan fingerprint density at radius 1 is 1.41 bits per heavy atom. The Hall–Kier alpha value is -1.67. The smallest absolute Gasteiger partial charge is 0.321 e. The molecule has 1 fully saturated rings. The first-order valence-corrected chi connectivity index (χ1v) is 8.99. The molecule has 6 nitrogen and oxygen atoms in total. The van der Waals surface area contributed by atoms with Crippen molar-refractivity contribution in [2.24, 2.45) is 5.92 Å². The van der Waals surface area contributed by atoms with E-state index in [2.05, 4.69) is 10.0 Å². The van der Waals surface area contributed by atoms with Gasteiger partial charge in [-0.15, -0.1) is 0 Å². The van der Waals surface area contributed by atoms with Crippen LogP contribution in [0, 0.1) is 11.7 Å². The van der Waals surface area contributed by atoms with Gasteiger partial charge in [0.15, 0.2) is 0 Å². The van der Waals surface area contributed by atoms with Crippen molar-refractivity contribution in [2.45, 2.75) is 12.8 Å². The van der Waals surface area contributed by atoms with Crippen LogP contribution in [-0.4, -0.2) is 45.2 Å². The summed E-state index contributed by atoms with van der Waals surface area (Å²) in [6.07, 6.45) is 2.76. The zero-order valence-corrected chi connectivity index (χ0v) is 13.2. The van der Waals surface area contributed by atoms with Crippen LogP contribution in [0.4, 0.5) is 14.9 Å². The van der Waals surface area contributed by atoms with Crippen molar-refractivity contribution in [3.8, 4) is 0 Å². The van der Waals surface area contributed by atoms with Gasteiger partial charge < -0.3 is 10.2 Å². The Morgan fingerprint density at radius 2 is 2.14 bits per heavy atom. The van der Waals surface area contributed by atoms with E-state index in [-0.39, 0.29) is 17.6 Å². The molecule has 0 radical (unpaired) electrons. The maximum Gasteiger partial charge on any atom is 0.321 e. The predicted molar refractivity (Wildman–Crippen MR) is 82.6 cm³/mol. The van der Waals surface area contributed by atoms with Crippen LogP contribution in [0.5, 0.6) is 0 Å². The molecule has 22 heavy (non-hydrogen) atoms. The SMILES string of the molecule is CS(=O)(=O)NC[C@H]1CCCN(C(=O)Nc2ccccc2F)C1. The van der Waals surface area contributed by atoms with Crippen LogP contribution >= 0.6 is 0 Å².